The van der Waals surface area contributed by atoms with Crippen molar-refractivity contribution in [2.24, 2.45) is 0 Å². The normalized spacial score (nSPS) is 14.2. The fraction of sp³-hybridized carbons (Fsp3) is 0.467. The standard InChI is InChI=1S/C15H19NO3/c1-15(2,3)19-14(18)16-9-7-11-5-4-6-12(8-10-17)13(11)16/h4-6,10H,7-9H2,1-3H3. The first-order chi connectivity index (χ1) is 8.92. The van der Waals surface area contributed by atoms with Gasteiger partial charge in [-0.25, -0.2) is 4.79 Å². The summed E-state index contributed by atoms with van der Waals surface area (Å²) in [4.78, 5) is 24.6. The maximum Gasteiger partial charge on any atom is 0.414 e. The molecule has 1 heterocycles. The molecule has 1 amide bonds. The fourth-order valence-electron chi connectivity index (χ4n) is 2.29. The van der Waals surface area contributed by atoms with Crippen LogP contribution in [0.5, 0.6) is 0 Å². The second-order valence-corrected chi connectivity index (χ2v) is 5.68. The summed E-state index contributed by atoms with van der Waals surface area (Å²) in [7, 11) is 0. The highest BCUT2D eigenvalue weighted by Crippen LogP contribution is 2.33. The molecule has 0 saturated heterocycles. The molecule has 0 radical (unpaired) electrons. The van der Waals surface area contributed by atoms with E-state index < -0.39 is 5.60 Å². The number of anilines is 1. The van der Waals surface area contributed by atoms with Crippen molar-refractivity contribution in [2.75, 3.05) is 11.4 Å². The number of benzene rings is 1. The minimum atomic E-state index is -0.514. The first-order valence-electron chi connectivity index (χ1n) is 6.47. The molecule has 0 saturated carbocycles. The largest absolute Gasteiger partial charge is 0.443 e. The summed E-state index contributed by atoms with van der Waals surface area (Å²) in [5.74, 6) is 0. The van der Waals surface area contributed by atoms with Crippen LogP contribution in [0, 0.1) is 0 Å². The molecule has 4 nitrogen and oxygen atoms in total. The maximum atomic E-state index is 12.2. The summed E-state index contributed by atoms with van der Waals surface area (Å²) in [6.45, 7) is 6.15. The molecule has 0 bridgehead atoms. The zero-order valence-electron chi connectivity index (χ0n) is 11.6. The lowest BCUT2D eigenvalue weighted by atomic mass is 10.1. The number of carbonyl (C=O) groups excluding carboxylic acids is 2. The van der Waals surface area contributed by atoms with Crippen molar-refractivity contribution in [3.8, 4) is 0 Å². The number of hydrogen-bond acceptors (Lipinski definition) is 3. The third-order valence-corrected chi connectivity index (χ3v) is 2.99. The van der Waals surface area contributed by atoms with Crippen LogP contribution in [-0.2, 0) is 22.4 Å². The number of nitrogens with zero attached hydrogens (tertiary/aromatic N) is 1. The Balaban J connectivity index is 2.30. The van der Waals surface area contributed by atoms with E-state index in [0.717, 1.165) is 29.5 Å². The molecule has 0 unspecified atom stereocenters. The minimum Gasteiger partial charge on any atom is -0.443 e. The van der Waals surface area contributed by atoms with Crippen molar-refractivity contribution in [1.82, 2.24) is 0 Å². The molecule has 0 atom stereocenters. The monoisotopic (exact) mass is 261 g/mol. The summed E-state index contributed by atoms with van der Waals surface area (Å²) >= 11 is 0. The van der Waals surface area contributed by atoms with E-state index in [9.17, 15) is 9.59 Å². The van der Waals surface area contributed by atoms with Gasteiger partial charge in [-0.3, -0.25) is 4.90 Å². The molecule has 1 aliphatic rings. The van der Waals surface area contributed by atoms with Crippen molar-refractivity contribution >= 4 is 18.1 Å². The van der Waals surface area contributed by atoms with Crippen LogP contribution >= 0.6 is 0 Å². The fourth-order valence-corrected chi connectivity index (χ4v) is 2.29. The topological polar surface area (TPSA) is 46.6 Å². The predicted molar refractivity (Wildman–Crippen MR) is 73.5 cm³/mol. The summed E-state index contributed by atoms with van der Waals surface area (Å²) < 4.78 is 5.41. The number of rotatable bonds is 2. The van der Waals surface area contributed by atoms with Crippen LogP contribution in [0.15, 0.2) is 18.2 Å². The summed E-state index contributed by atoms with van der Waals surface area (Å²) in [6.07, 6.45) is 1.65. The summed E-state index contributed by atoms with van der Waals surface area (Å²) in [5, 5.41) is 0. The lowest BCUT2D eigenvalue weighted by Crippen LogP contribution is -2.36. The quantitative estimate of drug-likeness (QED) is 0.769. The molecule has 19 heavy (non-hydrogen) atoms. The summed E-state index contributed by atoms with van der Waals surface area (Å²) in [5.41, 5.74) is 2.32. The Labute approximate surface area is 113 Å². The second-order valence-electron chi connectivity index (χ2n) is 5.68. The van der Waals surface area contributed by atoms with Gasteiger partial charge in [0.05, 0.1) is 5.69 Å². The third kappa shape index (κ3) is 2.95. The molecule has 0 fully saturated rings. The number of amides is 1. The van der Waals surface area contributed by atoms with Crippen LogP contribution < -0.4 is 4.90 Å². The van der Waals surface area contributed by atoms with E-state index in [1.54, 1.807) is 4.90 Å². The van der Waals surface area contributed by atoms with E-state index in [1.807, 2.05) is 39.0 Å². The Kier molecular flexibility index (Phi) is 3.60. The van der Waals surface area contributed by atoms with Crippen LogP contribution in [0.2, 0.25) is 0 Å². The zero-order valence-corrected chi connectivity index (χ0v) is 11.6. The number of hydrogen-bond donors (Lipinski definition) is 0. The molecule has 0 aromatic heterocycles. The van der Waals surface area contributed by atoms with Gasteiger partial charge in [-0.05, 0) is 38.3 Å². The van der Waals surface area contributed by atoms with Gasteiger partial charge >= 0.3 is 6.09 Å². The lowest BCUT2D eigenvalue weighted by molar-refractivity contribution is -0.107. The van der Waals surface area contributed by atoms with E-state index in [-0.39, 0.29) is 6.09 Å². The molecular formula is C15H19NO3. The summed E-state index contributed by atoms with van der Waals surface area (Å²) in [6, 6.07) is 5.81. The highest BCUT2D eigenvalue weighted by Gasteiger charge is 2.30. The molecule has 0 N–H and O–H groups in total. The molecule has 1 aromatic carbocycles. The molecule has 0 spiro atoms. The molecule has 1 aromatic rings. The molecule has 0 aliphatic carbocycles. The Morgan fingerprint density at radius 3 is 2.79 bits per heavy atom. The van der Waals surface area contributed by atoms with Gasteiger partial charge in [0.1, 0.15) is 11.9 Å². The number of para-hydroxylation sites is 1. The molecular weight excluding hydrogens is 242 g/mol. The van der Waals surface area contributed by atoms with Crippen LogP contribution in [-0.4, -0.2) is 24.5 Å². The molecule has 2 rings (SSSR count). The van der Waals surface area contributed by atoms with Gasteiger partial charge in [-0.1, -0.05) is 18.2 Å². The molecule has 1 aliphatic heterocycles. The second kappa shape index (κ2) is 5.03. The van der Waals surface area contributed by atoms with E-state index in [4.69, 9.17) is 4.74 Å². The van der Waals surface area contributed by atoms with Gasteiger partial charge in [0.15, 0.2) is 0 Å². The number of carbonyl (C=O) groups is 2. The van der Waals surface area contributed by atoms with Crippen LogP contribution in [0.1, 0.15) is 31.9 Å². The van der Waals surface area contributed by atoms with Crippen LogP contribution in [0.4, 0.5) is 10.5 Å². The first-order valence-corrected chi connectivity index (χ1v) is 6.47. The van der Waals surface area contributed by atoms with Gasteiger partial charge in [0, 0.05) is 13.0 Å². The number of aldehydes is 1. The van der Waals surface area contributed by atoms with Crippen molar-refractivity contribution < 1.29 is 14.3 Å². The average Bonchev–Trinajstić information content (AvgIpc) is 2.72. The SMILES string of the molecule is CC(C)(C)OC(=O)N1CCc2cccc(CC=O)c21. The molecule has 102 valence electrons. The van der Waals surface area contributed by atoms with Gasteiger partial charge in [0.2, 0.25) is 0 Å². The number of ether oxygens (including phenoxy) is 1. The van der Waals surface area contributed by atoms with E-state index in [2.05, 4.69) is 0 Å². The van der Waals surface area contributed by atoms with Gasteiger partial charge < -0.3 is 9.53 Å². The van der Waals surface area contributed by atoms with E-state index in [0.29, 0.717) is 13.0 Å². The smallest absolute Gasteiger partial charge is 0.414 e. The zero-order chi connectivity index (χ0) is 14.0. The highest BCUT2D eigenvalue weighted by molar-refractivity contribution is 5.92. The van der Waals surface area contributed by atoms with Crippen molar-refractivity contribution in [1.29, 1.82) is 0 Å². The van der Waals surface area contributed by atoms with Gasteiger partial charge in [-0.15, -0.1) is 0 Å². The maximum absolute atomic E-state index is 12.2. The van der Waals surface area contributed by atoms with E-state index >= 15 is 0 Å². The third-order valence-electron chi connectivity index (χ3n) is 2.99. The van der Waals surface area contributed by atoms with Gasteiger partial charge in [0.25, 0.3) is 0 Å². The number of fused-ring (bicyclic) bond motifs is 1. The van der Waals surface area contributed by atoms with Crippen molar-refractivity contribution in [3.05, 3.63) is 29.3 Å². The van der Waals surface area contributed by atoms with Crippen molar-refractivity contribution in [2.45, 2.75) is 39.2 Å². The predicted octanol–water partition coefficient (Wildman–Crippen LogP) is 2.73. The lowest BCUT2D eigenvalue weighted by Gasteiger charge is -2.25. The molecule has 4 heteroatoms. The Bertz CT molecular complexity index is 503. The Morgan fingerprint density at radius 1 is 1.42 bits per heavy atom. The van der Waals surface area contributed by atoms with Crippen molar-refractivity contribution in [3.63, 3.8) is 0 Å². The Morgan fingerprint density at radius 2 is 2.16 bits per heavy atom. The van der Waals surface area contributed by atoms with E-state index in [1.165, 1.54) is 0 Å². The Hall–Kier alpha value is -1.84. The van der Waals surface area contributed by atoms with Crippen LogP contribution in [0.3, 0.4) is 0 Å². The van der Waals surface area contributed by atoms with Gasteiger partial charge in [-0.2, -0.15) is 0 Å². The highest BCUT2D eigenvalue weighted by atomic mass is 16.6. The minimum absolute atomic E-state index is 0.322. The first kappa shape index (κ1) is 13.6. The average molecular weight is 261 g/mol. The van der Waals surface area contributed by atoms with Crippen LogP contribution in [0.25, 0.3) is 0 Å².